The molecule has 0 heterocycles. The highest BCUT2D eigenvalue weighted by Crippen LogP contribution is 2.47. The van der Waals surface area contributed by atoms with E-state index in [0.717, 1.165) is 13.8 Å². The number of ketones is 1. The Morgan fingerprint density at radius 3 is 1.44 bits per heavy atom. The van der Waals surface area contributed by atoms with Crippen LogP contribution in [-0.2, 0) is 4.79 Å². The van der Waals surface area contributed by atoms with Gasteiger partial charge in [0, 0.05) is 5.92 Å². The molecular weight excluding hydrogens is 252 g/mol. The number of carbonyl (C=O) groups excluding carboxylic acids is 1. The van der Waals surface area contributed by atoms with E-state index in [1.54, 1.807) is 0 Å². The minimum absolute atomic E-state index is 0. The van der Waals surface area contributed by atoms with Gasteiger partial charge in [-0.1, -0.05) is 13.8 Å². The average Bonchev–Trinajstić information content (AvgIpc) is 2.00. The number of hydrogen-bond donors (Lipinski definition) is 0. The van der Waals surface area contributed by atoms with E-state index in [1.165, 1.54) is 0 Å². The molecule has 16 heavy (non-hydrogen) atoms. The van der Waals surface area contributed by atoms with E-state index >= 15 is 0 Å². The Bertz CT molecular complexity index is 254. The largest absolute Gasteiger partial charge is 0.460 e. The van der Waals surface area contributed by atoms with Crippen LogP contribution in [0.2, 0.25) is 0 Å². The van der Waals surface area contributed by atoms with E-state index in [4.69, 9.17) is 0 Å². The van der Waals surface area contributed by atoms with Crippen molar-refractivity contribution in [3.8, 4) is 0 Å². The molecule has 0 fully saturated rings. The van der Waals surface area contributed by atoms with Gasteiger partial charge >= 0.3 is 18.0 Å². The quantitative estimate of drug-likeness (QED) is 0.712. The molecule has 0 spiro atoms. The lowest BCUT2D eigenvalue weighted by molar-refractivity contribution is -0.344. The van der Waals surface area contributed by atoms with Gasteiger partial charge in [-0.25, -0.2) is 0 Å². The number of Topliss-reactive ketones (excluding diaryl/α,β-unsaturated/α-hetero) is 1. The predicted octanol–water partition coefficient (Wildman–Crippen LogP) is 3.20. The van der Waals surface area contributed by atoms with Crippen molar-refractivity contribution in [1.29, 1.82) is 0 Å². The molecular formula is C7H8F8O. The second-order valence-corrected chi connectivity index (χ2v) is 3.17. The van der Waals surface area contributed by atoms with Crippen molar-refractivity contribution < 1.29 is 40.2 Å². The van der Waals surface area contributed by atoms with Crippen LogP contribution in [0.15, 0.2) is 0 Å². The van der Waals surface area contributed by atoms with Crippen LogP contribution in [0.3, 0.4) is 0 Å². The molecule has 0 amide bonds. The summed E-state index contributed by atoms with van der Waals surface area (Å²) >= 11 is 0. The molecule has 0 aliphatic rings. The fraction of sp³-hybridized carbons (Fsp3) is 0.857. The van der Waals surface area contributed by atoms with Gasteiger partial charge in [-0.05, 0) is 0 Å². The van der Waals surface area contributed by atoms with Crippen molar-refractivity contribution in [2.24, 2.45) is 5.92 Å². The number of alkyl halides is 7. The normalized spacial score (nSPS) is 13.6. The van der Waals surface area contributed by atoms with E-state index in [2.05, 4.69) is 0 Å². The Kier molecular flexibility index (Phi) is 4.97. The number of carbonyl (C=O) groups is 1. The first kappa shape index (κ1) is 17.5. The molecule has 0 aliphatic carbocycles. The molecule has 0 atom stereocenters. The van der Waals surface area contributed by atoms with E-state index in [9.17, 15) is 35.5 Å². The van der Waals surface area contributed by atoms with Gasteiger partial charge in [-0.15, -0.1) is 0 Å². The van der Waals surface area contributed by atoms with E-state index < -0.39 is 29.7 Å². The summed E-state index contributed by atoms with van der Waals surface area (Å²) in [5.74, 6) is -16.1. The van der Waals surface area contributed by atoms with Crippen molar-refractivity contribution in [3.63, 3.8) is 0 Å². The molecule has 0 rings (SSSR count). The van der Waals surface area contributed by atoms with Gasteiger partial charge in [-0.2, -0.15) is 30.7 Å². The molecule has 0 bridgehead atoms. The predicted molar refractivity (Wildman–Crippen MR) is 38.3 cm³/mol. The van der Waals surface area contributed by atoms with Crippen molar-refractivity contribution >= 4 is 5.78 Å². The van der Waals surface area contributed by atoms with Gasteiger partial charge in [0.25, 0.3) is 0 Å². The van der Waals surface area contributed by atoms with Gasteiger partial charge < -0.3 is 0 Å². The van der Waals surface area contributed by atoms with Crippen LogP contribution < -0.4 is 0 Å². The Balaban J connectivity index is 0. The summed E-state index contributed by atoms with van der Waals surface area (Å²) in [5.41, 5.74) is 0. The van der Waals surface area contributed by atoms with Gasteiger partial charge in [0.2, 0.25) is 5.78 Å². The molecule has 0 saturated heterocycles. The Hall–Kier alpha value is -0.890. The average molecular weight is 260 g/mol. The smallest absolute Gasteiger partial charge is 0.292 e. The van der Waals surface area contributed by atoms with Crippen LogP contribution in [0.25, 0.3) is 0 Å². The number of halogens is 8. The Morgan fingerprint density at radius 2 is 1.25 bits per heavy atom. The van der Waals surface area contributed by atoms with E-state index in [1.807, 2.05) is 0 Å². The summed E-state index contributed by atoms with van der Waals surface area (Å²) < 4.78 is 84.2. The molecule has 0 saturated carbocycles. The Morgan fingerprint density at radius 1 is 0.938 bits per heavy atom. The van der Waals surface area contributed by atoms with Crippen LogP contribution in [-0.4, -0.2) is 23.8 Å². The lowest BCUT2D eigenvalue weighted by Gasteiger charge is -2.27. The van der Waals surface area contributed by atoms with Crippen LogP contribution >= 0.6 is 0 Å². The summed E-state index contributed by atoms with van der Waals surface area (Å²) in [4.78, 5) is 10.5. The third-order valence-electron chi connectivity index (χ3n) is 1.58. The van der Waals surface area contributed by atoms with E-state index in [0.29, 0.717) is 0 Å². The first-order valence-corrected chi connectivity index (χ1v) is 3.72. The fourth-order valence-electron chi connectivity index (χ4n) is 0.695. The van der Waals surface area contributed by atoms with Crippen LogP contribution in [0.1, 0.15) is 13.8 Å². The molecule has 0 aliphatic heterocycles. The first-order valence-electron chi connectivity index (χ1n) is 3.72. The maximum Gasteiger partial charge on any atom is 0.460 e. The standard InChI is InChI=1S/C7H7F7O.FH/c1-3(2)4(15)5(8,9)6(10,11)7(12,13)14;/h3H,1-2H3;1H. The highest BCUT2D eigenvalue weighted by atomic mass is 19.4. The van der Waals surface area contributed by atoms with Crippen molar-refractivity contribution in [3.05, 3.63) is 0 Å². The Labute approximate surface area is 85.0 Å². The zero-order chi connectivity index (χ0) is 12.7. The van der Waals surface area contributed by atoms with Crippen molar-refractivity contribution in [2.45, 2.75) is 31.9 Å². The van der Waals surface area contributed by atoms with E-state index in [-0.39, 0.29) is 4.70 Å². The molecule has 0 radical (unpaired) electrons. The monoisotopic (exact) mass is 260 g/mol. The first-order chi connectivity index (χ1) is 6.35. The summed E-state index contributed by atoms with van der Waals surface area (Å²) in [7, 11) is 0. The van der Waals surface area contributed by atoms with Crippen LogP contribution in [0.5, 0.6) is 0 Å². The molecule has 0 N–H and O–H groups in total. The lowest BCUT2D eigenvalue weighted by atomic mass is 9.98. The van der Waals surface area contributed by atoms with Crippen LogP contribution in [0.4, 0.5) is 35.4 Å². The third kappa shape index (κ3) is 2.62. The molecule has 0 aromatic heterocycles. The zero-order valence-corrected chi connectivity index (χ0v) is 8.04. The number of hydrogen-bond acceptors (Lipinski definition) is 1. The molecule has 0 aromatic carbocycles. The zero-order valence-electron chi connectivity index (χ0n) is 8.04. The number of rotatable bonds is 3. The third-order valence-corrected chi connectivity index (χ3v) is 1.58. The SMILES string of the molecule is CC(C)C(=O)C(F)(F)C(F)(F)C(F)(F)F.F. The highest BCUT2D eigenvalue weighted by molar-refractivity contribution is 5.88. The maximum absolute atomic E-state index is 12.5. The van der Waals surface area contributed by atoms with Gasteiger partial charge in [0.1, 0.15) is 0 Å². The topological polar surface area (TPSA) is 17.1 Å². The second kappa shape index (κ2) is 4.54. The summed E-state index contributed by atoms with van der Waals surface area (Å²) in [6.45, 7) is 1.62. The molecule has 1 nitrogen and oxygen atoms in total. The summed E-state index contributed by atoms with van der Waals surface area (Å²) in [6.07, 6.45) is -6.46. The summed E-state index contributed by atoms with van der Waals surface area (Å²) in [5, 5.41) is 0. The highest BCUT2D eigenvalue weighted by Gasteiger charge is 2.75. The molecule has 0 unspecified atom stereocenters. The minimum atomic E-state index is -6.46. The molecule has 0 aromatic rings. The van der Waals surface area contributed by atoms with Gasteiger partial charge in [0.05, 0.1) is 0 Å². The van der Waals surface area contributed by atoms with Crippen LogP contribution in [0, 0.1) is 5.92 Å². The van der Waals surface area contributed by atoms with Gasteiger partial charge in [-0.3, -0.25) is 9.50 Å². The van der Waals surface area contributed by atoms with Crippen molar-refractivity contribution in [2.75, 3.05) is 0 Å². The van der Waals surface area contributed by atoms with Crippen molar-refractivity contribution in [1.82, 2.24) is 0 Å². The lowest BCUT2D eigenvalue weighted by Crippen LogP contribution is -2.57. The minimum Gasteiger partial charge on any atom is -0.292 e. The molecule has 98 valence electrons. The maximum atomic E-state index is 12.5. The second-order valence-electron chi connectivity index (χ2n) is 3.17. The fourth-order valence-corrected chi connectivity index (χ4v) is 0.695. The molecule has 9 heteroatoms. The van der Waals surface area contributed by atoms with Gasteiger partial charge in [0.15, 0.2) is 0 Å². The summed E-state index contributed by atoms with van der Waals surface area (Å²) in [6, 6.07) is 0.